The molecule has 0 aliphatic heterocycles. The van der Waals surface area contributed by atoms with E-state index in [4.69, 9.17) is 9.47 Å². The zero-order valence-electron chi connectivity index (χ0n) is 9.69. The van der Waals surface area contributed by atoms with Crippen LogP contribution in [0.1, 0.15) is 0 Å². The molecule has 5 nitrogen and oxygen atoms in total. The van der Waals surface area contributed by atoms with E-state index in [9.17, 15) is 4.79 Å². The fourth-order valence-electron chi connectivity index (χ4n) is 1.10. The molecular formula is C11H16N2O3. The maximum atomic E-state index is 11.2. The standard InChI is InChI=1S/C11H16N2O3/c1-13(2)12-11(14)8-16-10-6-4-9(15-3)5-7-10/h4-7H,8H2,1-3H3,(H,12,14). The highest BCUT2D eigenvalue weighted by atomic mass is 16.5. The van der Waals surface area contributed by atoms with E-state index in [1.54, 1.807) is 50.5 Å². The molecule has 0 bridgehead atoms. The Labute approximate surface area is 94.9 Å². The minimum absolute atomic E-state index is 0.00942. The molecule has 0 unspecified atom stereocenters. The average molecular weight is 224 g/mol. The Hall–Kier alpha value is -1.75. The molecule has 0 spiro atoms. The predicted molar refractivity (Wildman–Crippen MR) is 60.3 cm³/mol. The summed E-state index contributed by atoms with van der Waals surface area (Å²) in [5.41, 5.74) is 2.58. The first-order chi connectivity index (χ1) is 7.61. The van der Waals surface area contributed by atoms with E-state index < -0.39 is 0 Å². The van der Waals surface area contributed by atoms with Gasteiger partial charge in [-0.05, 0) is 24.3 Å². The number of amides is 1. The topological polar surface area (TPSA) is 50.8 Å². The van der Waals surface area contributed by atoms with E-state index in [0.717, 1.165) is 5.75 Å². The van der Waals surface area contributed by atoms with Gasteiger partial charge in [-0.2, -0.15) is 0 Å². The van der Waals surface area contributed by atoms with Crippen molar-refractivity contribution in [1.29, 1.82) is 0 Å². The fraction of sp³-hybridized carbons (Fsp3) is 0.364. The Bertz CT molecular complexity index is 336. The van der Waals surface area contributed by atoms with Gasteiger partial charge in [0.05, 0.1) is 7.11 Å². The second-order valence-corrected chi connectivity index (χ2v) is 3.39. The van der Waals surface area contributed by atoms with Crippen molar-refractivity contribution in [2.24, 2.45) is 0 Å². The summed E-state index contributed by atoms with van der Waals surface area (Å²) in [6.45, 7) is -0.00942. The summed E-state index contributed by atoms with van der Waals surface area (Å²) in [5, 5.41) is 1.57. The first-order valence-electron chi connectivity index (χ1n) is 4.85. The van der Waals surface area contributed by atoms with E-state index in [1.165, 1.54) is 0 Å². The van der Waals surface area contributed by atoms with Crippen molar-refractivity contribution in [2.75, 3.05) is 27.8 Å². The summed E-state index contributed by atoms with van der Waals surface area (Å²) in [4.78, 5) is 11.2. The zero-order valence-corrected chi connectivity index (χ0v) is 9.69. The highest BCUT2D eigenvalue weighted by molar-refractivity contribution is 5.76. The molecule has 0 fully saturated rings. The van der Waals surface area contributed by atoms with Gasteiger partial charge in [-0.25, -0.2) is 5.01 Å². The Morgan fingerprint density at radius 3 is 2.31 bits per heavy atom. The van der Waals surface area contributed by atoms with Gasteiger partial charge in [0.1, 0.15) is 11.5 Å². The predicted octanol–water partition coefficient (Wildman–Crippen LogP) is 0.667. The first kappa shape index (κ1) is 12.3. The van der Waals surface area contributed by atoms with Crippen LogP contribution in [-0.2, 0) is 4.79 Å². The lowest BCUT2D eigenvalue weighted by atomic mass is 10.3. The van der Waals surface area contributed by atoms with Gasteiger partial charge >= 0.3 is 0 Å². The number of carbonyl (C=O) groups excluding carboxylic acids is 1. The molecule has 1 aromatic carbocycles. The van der Waals surface area contributed by atoms with Gasteiger partial charge in [-0.15, -0.1) is 0 Å². The van der Waals surface area contributed by atoms with Gasteiger partial charge in [0.25, 0.3) is 5.91 Å². The van der Waals surface area contributed by atoms with Crippen LogP contribution in [0.3, 0.4) is 0 Å². The van der Waals surface area contributed by atoms with Crippen LogP contribution < -0.4 is 14.9 Å². The first-order valence-corrected chi connectivity index (χ1v) is 4.85. The number of benzene rings is 1. The van der Waals surface area contributed by atoms with Crippen molar-refractivity contribution >= 4 is 5.91 Å². The summed E-state index contributed by atoms with van der Waals surface area (Å²) in [6.07, 6.45) is 0. The molecular weight excluding hydrogens is 208 g/mol. The van der Waals surface area contributed by atoms with Crippen LogP contribution >= 0.6 is 0 Å². The van der Waals surface area contributed by atoms with Crippen LogP contribution in [0.5, 0.6) is 11.5 Å². The smallest absolute Gasteiger partial charge is 0.272 e. The lowest BCUT2D eigenvalue weighted by Crippen LogP contribution is -2.39. The van der Waals surface area contributed by atoms with E-state index in [-0.39, 0.29) is 12.5 Å². The average Bonchev–Trinajstić information content (AvgIpc) is 2.26. The number of ether oxygens (including phenoxy) is 2. The quantitative estimate of drug-likeness (QED) is 0.747. The Kier molecular flexibility index (Phi) is 4.60. The molecule has 1 N–H and O–H groups in total. The van der Waals surface area contributed by atoms with Crippen molar-refractivity contribution in [1.82, 2.24) is 10.4 Å². The number of carbonyl (C=O) groups is 1. The number of nitrogens with zero attached hydrogens (tertiary/aromatic N) is 1. The molecule has 0 saturated heterocycles. The molecule has 1 rings (SSSR count). The minimum Gasteiger partial charge on any atom is -0.497 e. The van der Waals surface area contributed by atoms with Crippen molar-refractivity contribution < 1.29 is 14.3 Å². The molecule has 88 valence electrons. The summed E-state index contributed by atoms with van der Waals surface area (Å²) in [5.74, 6) is 1.20. The van der Waals surface area contributed by atoms with E-state index >= 15 is 0 Å². The van der Waals surface area contributed by atoms with E-state index in [1.807, 2.05) is 0 Å². The monoisotopic (exact) mass is 224 g/mol. The van der Waals surface area contributed by atoms with Gasteiger partial charge < -0.3 is 9.47 Å². The molecule has 1 aromatic rings. The number of methoxy groups -OCH3 is 1. The van der Waals surface area contributed by atoms with Crippen LogP contribution in [0, 0.1) is 0 Å². The molecule has 0 atom stereocenters. The molecule has 0 radical (unpaired) electrons. The number of nitrogens with one attached hydrogen (secondary N) is 1. The lowest BCUT2D eigenvalue weighted by Gasteiger charge is -2.12. The highest BCUT2D eigenvalue weighted by Gasteiger charge is 2.03. The molecule has 0 aliphatic carbocycles. The normalized spacial score (nSPS) is 10.0. The van der Waals surface area contributed by atoms with Crippen molar-refractivity contribution in [2.45, 2.75) is 0 Å². The van der Waals surface area contributed by atoms with Crippen LogP contribution in [0.25, 0.3) is 0 Å². The maximum Gasteiger partial charge on any atom is 0.272 e. The number of hydrogen-bond acceptors (Lipinski definition) is 4. The Morgan fingerprint density at radius 1 is 1.25 bits per heavy atom. The van der Waals surface area contributed by atoms with Crippen LogP contribution in [0.15, 0.2) is 24.3 Å². The van der Waals surface area contributed by atoms with Gasteiger partial charge in [0, 0.05) is 14.1 Å². The summed E-state index contributed by atoms with van der Waals surface area (Å²) >= 11 is 0. The molecule has 5 heteroatoms. The minimum atomic E-state index is -0.194. The van der Waals surface area contributed by atoms with E-state index in [0.29, 0.717) is 5.75 Å². The highest BCUT2D eigenvalue weighted by Crippen LogP contribution is 2.16. The molecule has 0 aromatic heterocycles. The van der Waals surface area contributed by atoms with Crippen molar-refractivity contribution in [3.8, 4) is 11.5 Å². The van der Waals surface area contributed by atoms with E-state index in [2.05, 4.69) is 5.43 Å². The number of rotatable bonds is 5. The zero-order chi connectivity index (χ0) is 12.0. The third-order valence-electron chi connectivity index (χ3n) is 1.78. The van der Waals surface area contributed by atoms with Crippen LogP contribution in [0.2, 0.25) is 0 Å². The SMILES string of the molecule is COc1ccc(OCC(=O)NN(C)C)cc1. The van der Waals surface area contributed by atoms with Crippen molar-refractivity contribution in [3.63, 3.8) is 0 Å². The molecule has 0 saturated carbocycles. The Morgan fingerprint density at radius 2 is 1.81 bits per heavy atom. The fourth-order valence-corrected chi connectivity index (χ4v) is 1.10. The maximum absolute atomic E-state index is 11.2. The number of hydrogen-bond donors (Lipinski definition) is 1. The second kappa shape index (κ2) is 5.97. The Balaban J connectivity index is 2.39. The van der Waals surface area contributed by atoms with Gasteiger partial charge in [-0.3, -0.25) is 10.2 Å². The summed E-state index contributed by atoms with van der Waals surface area (Å²) in [6, 6.07) is 7.06. The van der Waals surface area contributed by atoms with Gasteiger partial charge in [0.15, 0.2) is 6.61 Å². The van der Waals surface area contributed by atoms with Gasteiger partial charge in [-0.1, -0.05) is 0 Å². The molecule has 0 aliphatic rings. The molecule has 1 amide bonds. The summed E-state index contributed by atoms with van der Waals surface area (Å²) in [7, 11) is 5.08. The number of hydrazine groups is 1. The van der Waals surface area contributed by atoms with Crippen molar-refractivity contribution in [3.05, 3.63) is 24.3 Å². The van der Waals surface area contributed by atoms with Crippen LogP contribution in [-0.4, -0.2) is 38.7 Å². The molecule has 16 heavy (non-hydrogen) atoms. The largest absolute Gasteiger partial charge is 0.497 e. The third-order valence-corrected chi connectivity index (χ3v) is 1.78. The molecule has 0 heterocycles. The second-order valence-electron chi connectivity index (χ2n) is 3.39. The lowest BCUT2D eigenvalue weighted by molar-refractivity contribution is -0.126. The third kappa shape index (κ3) is 4.18. The van der Waals surface area contributed by atoms with Gasteiger partial charge in [0.2, 0.25) is 0 Å². The van der Waals surface area contributed by atoms with Crippen LogP contribution in [0.4, 0.5) is 0 Å². The summed E-state index contributed by atoms with van der Waals surface area (Å²) < 4.78 is 10.3.